The van der Waals surface area contributed by atoms with Crippen LogP contribution in [0.25, 0.3) is 11.4 Å². The van der Waals surface area contributed by atoms with Gasteiger partial charge in [0.2, 0.25) is 11.7 Å². The summed E-state index contributed by atoms with van der Waals surface area (Å²) in [5.41, 5.74) is 2.36. The van der Waals surface area contributed by atoms with E-state index < -0.39 is 0 Å². The summed E-state index contributed by atoms with van der Waals surface area (Å²) in [4.78, 5) is 4.69. The van der Waals surface area contributed by atoms with Gasteiger partial charge in [0.15, 0.2) is 0 Å². The summed E-state index contributed by atoms with van der Waals surface area (Å²) in [6.07, 6.45) is 2.35. The van der Waals surface area contributed by atoms with Gasteiger partial charge in [-0.05, 0) is 42.5 Å². The first-order valence-electron chi connectivity index (χ1n) is 9.15. The van der Waals surface area contributed by atoms with E-state index in [2.05, 4.69) is 22.6 Å². The highest BCUT2D eigenvalue weighted by Gasteiger charge is 2.58. The number of halogens is 1. The lowest BCUT2D eigenvalue weighted by Crippen LogP contribution is -2.10. The Kier molecular flexibility index (Phi) is 4.89. The van der Waals surface area contributed by atoms with Crippen molar-refractivity contribution in [3.63, 3.8) is 0 Å². The maximum absolute atomic E-state index is 6.02. The Morgan fingerprint density at radius 1 is 1.11 bits per heavy atom. The Labute approximate surface area is 164 Å². The molecule has 2 fully saturated rings. The summed E-state index contributed by atoms with van der Waals surface area (Å²) < 4.78 is 11.6. The normalized spacial score (nSPS) is 23.2. The molecule has 1 aliphatic carbocycles. The largest absolute Gasteiger partial charge is 0.488 e. The SMILES string of the molecule is Cl.c1ccc(COc2ccccc2-c2noc(C3CC34CCNC4)n2)cc1. The van der Waals surface area contributed by atoms with E-state index in [-0.39, 0.29) is 12.4 Å². The van der Waals surface area contributed by atoms with Gasteiger partial charge in [-0.1, -0.05) is 47.6 Å². The van der Waals surface area contributed by atoms with E-state index in [9.17, 15) is 0 Å². The molecule has 2 aromatic carbocycles. The predicted molar refractivity (Wildman–Crippen MR) is 105 cm³/mol. The van der Waals surface area contributed by atoms with Crippen molar-refractivity contribution in [3.8, 4) is 17.1 Å². The first-order chi connectivity index (χ1) is 12.8. The molecule has 1 saturated heterocycles. The molecular formula is C21H22ClN3O2. The Morgan fingerprint density at radius 2 is 1.93 bits per heavy atom. The fraction of sp³-hybridized carbons (Fsp3) is 0.333. The van der Waals surface area contributed by atoms with Crippen molar-refractivity contribution in [2.24, 2.45) is 5.41 Å². The van der Waals surface area contributed by atoms with Crippen molar-refractivity contribution >= 4 is 12.4 Å². The molecule has 5 rings (SSSR count). The number of ether oxygens (including phenoxy) is 1. The molecule has 1 aromatic heterocycles. The number of nitrogens with zero attached hydrogens (tertiary/aromatic N) is 2. The maximum Gasteiger partial charge on any atom is 0.230 e. The number of hydrogen-bond acceptors (Lipinski definition) is 5. The molecule has 27 heavy (non-hydrogen) atoms. The van der Waals surface area contributed by atoms with Crippen LogP contribution in [-0.4, -0.2) is 23.2 Å². The smallest absolute Gasteiger partial charge is 0.230 e. The topological polar surface area (TPSA) is 60.2 Å². The van der Waals surface area contributed by atoms with Gasteiger partial charge < -0.3 is 14.6 Å². The molecular weight excluding hydrogens is 362 g/mol. The molecule has 0 amide bonds. The molecule has 2 atom stereocenters. The van der Waals surface area contributed by atoms with Crippen LogP contribution in [0.4, 0.5) is 0 Å². The Hall–Kier alpha value is -2.37. The van der Waals surface area contributed by atoms with Crippen molar-refractivity contribution in [1.82, 2.24) is 15.5 Å². The highest BCUT2D eigenvalue weighted by atomic mass is 35.5. The summed E-state index contributed by atoms with van der Waals surface area (Å²) in [5, 5.41) is 7.68. The number of rotatable bonds is 5. The summed E-state index contributed by atoms with van der Waals surface area (Å²) in [7, 11) is 0. The lowest BCUT2D eigenvalue weighted by atomic mass is 10.0. The Bertz CT molecular complexity index is 907. The molecule has 0 bridgehead atoms. The molecule has 1 N–H and O–H groups in total. The van der Waals surface area contributed by atoms with Crippen LogP contribution in [-0.2, 0) is 6.61 Å². The maximum atomic E-state index is 6.02. The summed E-state index contributed by atoms with van der Waals surface area (Å²) in [6, 6.07) is 18.0. The molecule has 2 unspecified atom stereocenters. The zero-order valence-corrected chi connectivity index (χ0v) is 15.7. The standard InChI is InChI=1S/C21H21N3O2.ClH/c1-2-6-15(7-3-1)13-25-18-9-5-4-8-16(18)19-23-20(26-24-19)17-12-21(17)10-11-22-14-21;/h1-9,17,22H,10-14H2;1H. The Morgan fingerprint density at radius 3 is 2.74 bits per heavy atom. The van der Waals surface area contributed by atoms with Crippen LogP contribution < -0.4 is 10.1 Å². The molecule has 3 aromatic rings. The van der Waals surface area contributed by atoms with Crippen molar-refractivity contribution in [3.05, 3.63) is 66.1 Å². The molecule has 1 aliphatic heterocycles. The number of nitrogens with one attached hydrogen (secondary N) is 1. The lowest BCUT2D eigenvalue weighted by Gasteiger charge is -2.09. The van der Waals surface area contributed by atoms with Gasteiger partial charge in [-0.3, -0.25) is 0 Å². The number of aromatic nitrogens is 2. The third kappa shape index (κ3) is 3.45. The first kappa shape index (κ1) is 18.0. The number of para-hydroxylation sites is 1. The van der Waals surface area contributed by atoms with Gasteiger partial charge in [0.25, 0.3) is 0 Å². The van der Waals surface area contributed by atoms with Crippen molar-refractivity contribution in [2.75, 3.05) is 13.1 Å². The van der Waals surface area contributed by atoms with Crippen LogP contribution in [0.15, 0.2) is 59.1 Å². The van der Waals surface area contributed by atoms with Crippen molar-refractivity contribution in [1.29, 1.82) is 0 Å². The quantitative estimate of drug-likeness (QED) is 0.715. The van der Waals surface area contributed by atoms with E-state index in [1.54, 1.807) is 0 Å². The second kappa shape index (κ2) is 7.33. The fourth-order valence-corrected chi connectivity index (χ4v) is 3.93. The van der Waals surface area contributed by atoms with Gasteiger partial charge in [-0.25, -0.2) is 0 Å². The molecule has 0 radical (unpaired) electrons. The van der Waals surface area contributed by atoms with E-state index >= 15 is 0 Å². The van der Waals surface area contributed by atoms with Gasteiger partial charge in [0.1, 0.15) is 12.4 Å². The van der Waals surface area contributed by atoms with Gasteiger partial charge in [-0.2, -0.15) is 4.98 Å². The van der Waals surface area contributed by atoms with Crippen LogP contribution in [0.1, 0.15) is 30.2 Å². The fourth-order valence-electron chi connectivity index (χ4n) is 3.93. The minimum absolute atomic E-state index is 0. The van der Waals surface area contributed by atoms with Crippen LogP contribution in [0, 0.1) is 5.41 Å². The monoisotopic (exact) mass is 383 g/mol. The van der Waals surface area contributed by atoms with E-state index in [1.165, 1.54) is 6.42 Å². The zero-order valence-electron chi connectivity index (χ0n) is 14.9. The van der Waals surface area contributed by atoms with E-state index in [4.69, 9.17) is 14.2 Å². The van der Waals surface area contributed by atoms with Crippen molar-refractivity contribution < 1.29 is 9.26 Å². The molecule has 2 aliphatic rings. The highest BCUT2D eigenvalue weighted by molar-refractivity contribution is 5.85. The van der Waals surface area contributed by atoms with Crippen LogP contribution in [0.2, 0.25) is 0 Å². The van der Waals surface area contributed by atoms with E-state index in [0.717, 1.165) is 42.3 Å². The Balaban J connectivity index is 0.00000180. The third-order valence-corrected chi connectivity index (χ3v) is 5.57. The lowest BCUT2D eigenvalue weighted by molar-refractivity contribution is 0.307. The second-order valence-corrected chi connectivity index (χ2v) is 7.27. The molecule has 140 valence electrons. The summed E-state index contributed by atoms with van der Waals surface area (Å²) in [5.74, 6) is 2.55. The number of benzene rings is 2. The molecule has 1 spiro atoms. The van der Waals surface area contributed by atoms with E-state index in [1.807, 2.05) is 42.5 Å². The molecule has 6 heteroatoms. The summed E-state index contributed by atoms with van der Waals surface area (Å²) >= 11 is 0. The summed E-state index contributed by atoms with van der Waals surface area (Å²) in [6.45, 7) is 2.67. The minimum atomic E-state index is 0. The molecule has 1 saturated carbocycles. The van der Waals surface area contributed by atoms with Gasteiger partial charge in [0, 0.05) is 12.5 Å². The van der Waals surface area contributed by atoms with Gasteiger partial charge in [-0.15, -0.1) is 12.4 Å². The average molecular weight is 384 g/mol. The molecule has 5 nitrogen and oxygen atoms in total. The minimum Gasteiger partial charge on any atom is -0.488 e. The number of hydrogen-bond donors (Lipinski definition) is 1. The molecule has 2 heterocycles. The van der Waals surface area contributed by atoms with Crippen LogP contribution in [0.3, 0.4) is 0 Å². The highest BCUT2D eigenvalue weighted by Crippen LogP contribution is 2.62. The van der Waals surface area contributed by atoms with E-state index in [0.29, 0.717) is 23.8 Å². The van der Waals surface area contributed by atoms with Crippen LogP contribution >= 0.6 is 12.4 Å². The first-order valence-corrected chi connectivity index (χ1v) is 9.15. The average Bonchev–Trinajstić information content (AvgIpc) is 3.03. The van der Waals surface area contributed by atoms with Gasteiger partial charge in [0.05, 0.1) is 5.56 Å². The third-order valence-electron chi connectivity index (χ3n) is 5.57. The predicted octanol–water partition coefficient (Wildman–Crippen LogP) is 4.20. The van der Waals surface area contributed by atoms with Crippen molar-refractivity contribution in [2.45, 2.75) is 25.4 Å². The zero-order chi connectivity index (χ0) is 17.4. The second-order valence-electron chi connectivity index (χ2n) is 7.27. The van der Waals surface area contributed by atoms with Gasteiger partial charge >= 0.3 is 0 Å². The van der Waals surface area contributed by atoms with Crippen LogP contribution in [0.5, 0.6) is 5.75 Å².